The Hall–Kier alpha value is -1.35. The molecule has 2 N–H and O–H groups in total. The molecule has 0 amide bonds. The number of hydrogen-bond donors (Lipinski definition) is 1. The smallest absolute Gasteiger partial charge is 0.109 e. The SMILES string of the molecule is NC(Cc1ccncc1)C1=CCCO1. The van der Waals surface area contributed by atoms with Gasteiger partial charge in [-0.1, -0.05) is 0 Å². The molecule has 1 aromatic heterocycles. The first-order valence-electron chi connectivity index (χ1n) is 4.83. The molecule has 0 saturated heterocycles. The van der Waals surface area contributed by atoms with E-state index in [-0.39, 0.29) is 6.04 Å². The van der Waals surface area contributed by atoms with Gasteiger partial charge in [-0.3, -0.25) is 4.98 Å². The van der Waals surface area contributed by atoms with Gasteiger partial charge < -0.3 is 10.5 Å². The standard InChI is InChI=1S/C11H14N2O/c12-10(11-2-1-7-14-11)8-9-3-5-13-6-4-9/h2-6,10H,1,7-8,12H2. The van der Waals surface area contributed by atoms with Crippen LogP contribution in [0.4, 0.5) is 0 Å². The van der Waals surface area contributed by atoms with Crippen LogP contribution in [0.5, 0.6) is 0 Å². The van der Waals surface area contributed by atoms with Gasteiger partial charge in [-0.05, 0) is 30.2 Å². The summed E-state index contributed by atoms with van der Waals surface area (Å²) in [6, 6.07) is 3.95. The average Bonchev–Trinajstić information content (AvgIpc) is 2.72. The van der Waals surface area contributed by atoms with Gasteiger partial charge >= 0.3 is 0 Å². The molecule has 0 bridgehead atoms. The fourth-order valence-electron chi connectivity index (χ4n) is 1.57. The van der Waals surface area contributed by atoms with Crippen LogP contribution in [-0.2, 0) is 11.2 Å². The quantitative estimate of drug-likeness (QED) is 0.780. The molecule has 1 unspecified atom stereocenters. The molecule has 0 fully saturated rings. The number of pyridine rings is 1. The van der Waals surface area contributed by atoms with E-state index in [0.717, 1.165) is 25.2 Å². The number of hydrogen-bond acceptors (Lipinski definition) is 3. The lowest BCUT2D eigenvalue weighted by atomic mass is 10.1. The van der Waals surface area contributed by atoms with Crippen molar-refractivity contribution in [2.75, 3.05) is 6.61 Å². The molecule has 0 aliphatic carbocycles. The van der Waals surface area contributed by atoms with E-state index in [9.17, 15) is 0 Å². The molecule has 3 nitrogen and oxygen atoms in total. The molecule has 0 saturated carbocycles. The highest BCUT2D eigenvalue weighted by Gasteiger charge is 2.14. The first kappa shape index (κ1) is 9.21. The molecule has 3 heteroatoms. The molecule has 1 aliphatic heterocycles. The van der Waals surface area contributed by atoms with Crippen molar-refractivity contribution in [2.45, 2.75) is 18.9 Å². The summed E-state index contributed by atoms with van der Waals surface area (Å²) in [6.45, 7) is 0.777. The van der Waals surface area contributed by atoms with Gasteiger partial charge in [0.15, 0.2) is 0 Å². The van der Waals surface area contributed by atoms with Gasteiger partial charge in [-0.2, -0.15) is 0 Å². The Balaban J connectivity index is 1.97. The lowest BCUT2D eigenvalue weighted by molar-refractivity contribution is 0.224. The minimum atomic E-state index is -0.0140. The van der Waals surface area contributed by atoms with E-state index < -0.39 is 0 Å². The van der Waals surface area contributed by atoms with Crippen molar-refractivity contribution >= 4 is 0 Å². The molecule has 2 heterocycles. The third kappa shape index (κ3) is 2.12. The molecule has 0 spiro atoms. The van der Waals surface area contributed by atoms with Gasteiger partial charge in [0, 0.05) is 18.8 Å². The second-order valence-corrected chi connectivity index (χ2v) is 3.41. The number of nitrogens with zero attached hydrogens (tertiary/aromatic N) is 1. The number of aromatic nitrogens is 1. The van der Waals surface area contributed by atoms with Crippen LogP contribution in [0.3, 0.4) is 0 Å². The molecule has 74 valence electrons. The lowest BCUT2D eigenvalue weighted by Gasteiger charge is -2.12. The van der Waals surface area contributed by atoms with Crippen LogP contribution in [0.25, 0.3) is 0 Å². The predicted molar refractivity (Wildman–Crippen MR) is 54.6 cm³/mol. The molecule has 14 heavy (non-hydrogen) atoms. The van der Waals surface area contributed by atoms with Crippen molar-refractivity contribution in [2.24, 2.45) is 5.73 Å². The zero-order chi connectivity index (χ0) is 9.80. The highest BCUT2D eigenvalue weighted by molar-refractivity contribution is 5.16. The average molecular weight is 190 g/mol. The molecule has 0 aromatic carbocycles. The molecule has 2 rings (SSSR count). The normalized spacial score (nSPS) is 17.4. The van der Waals surface area contributed by atoms with E-state index in [2.05, 4.69) is 11.1 Å². The summed E-state index contributed by atoms with van der Waals surface area (Å²) in [5, 5.41) is 0. The number of nitrogens with two attached hydrogens (primary N) is 1. The van der Waals surface area contributed by atoms with Crippen molar-refractivity contribution in [1.29, 1.82) is 0 Å². The second kappa shape index (κ2) is 4.24. The predicted octanol–water partition coefficient (Wildman–Crippen LogP) is 1.26. The Morgan fingerprint density at radius 2 is 2.21 bits per heavy atom. The Morgan fingerprint density at radius 1 is 1.43 bits per heavy atom. The number of rotatable bonds is 3. The zero-order valence-corrected chi connectivity index (χ0v) is 8.02. The van der Waals surface area contributed by atoms with Crippen molar-refractivity contribution in [3.63, 3.8) is 0 Å². The van der Waals surface area contributed by atoms with Crippen LogP contribution in [-0.4, -0.2) is 17.6 Å². The van der Waals surface area contributed by atoms with E-state index >= 15 is 0 Å². The van der Waals surface area contributed by atoms with Gasteiger partial charge in [0.2, 0.25) is 0 Å². The molecule has 0 radical (unpaired) electrons. The second-order valence-electron chi connectivity index (χ2n) is 3.41. The summed E-state index contributed by atoms with van der Waals surface area (Å²) in [5.41, 5.74) is 7.20. The third-order valence-electron chi connectivity index (χ3n) is 2.30. The maximum atomic E-state index is 6.00. The summed E-state index contributed by atoms with van der Waals surface area (Å²) in [5.74, 6) is 0.932. The Morgan fingerprint density at radius 3 is 2.86 bits per heavy atom. The van der Waals surface area contributed by atoms with E-state index in [1.165, 1.54) is 5.56 Å². The van der Waals surface area contributed by atoms with Gasteiger partial charge in [-0.15, -0.1) is 0 Å². The van der Waals surface area contributed by atoms with Crippen LogP contribution in [0.15, 0.2) is 36.4 Å². The first-order chi connectivity index (χ1) is 6.86. The van der Waals surface area contributed by atoms with Crippen LogP contribution >= 0.6 is 0 Å². The molecule has 1 aromatic rings. The molecular formula is C11H14N2O. The first-order valence-corrected chi connectivity index (χ1v) is 4.83. The fourth-order valence-corrected chi connectivity index (χ4v) is 1.57. The highest BCUT2D eigenvalue weighted by atomic mass is 16.5. The van der Waals surface area contributed by atoms with Crippen LogP contribution in [0, 0.1) is 0 Å². The summed E-state index contributed by atoms with van der Waals surface area (Å²) >= 11 is 0. The Bertz CT molecular complexity index is 321. The summed E-state index contributed by atoms with van der Waals surface area (Å²) < 4.78 is 5.41. The largest absolute Gasteiger partial charge is 0.496 e. The number of ether oxygens (including phenoxy) is 1. The van der Waals surface area contributed by atoms with Crippen molar-refractivity contribution in [1.82, 2.24) is 4.98 Å². The summed E-state index contributed by atoms with van der Waals surface area (Å²) in [7, 11) is 0. The minimum Gasteiger partial charge on any atom is -0.496 e. The molecule has 1 atom stereocenters. The topological polar surface area (TPSA) is 48.1 Å². The van der Waals surface area contributed by atoms with E-state index in [1.54, 1.807) is 12.4 Å². The Labute approximate surface area is 83.6 Å². The third-order valence-corrected chi connectivity index (χ3v) is 2.30. The van der Waals surface area contributed by atoms with E-state index in [1.807, 2.05) is 12.1 Å². The summed E-state index contributed by atoms with van der Waals surface area (Å²) in [4.78, 5) is 3.96. The van der Waals surface area contributed by atoms with Crippen LogP contribution in [0.1, 0.15) is 12.0 Å². The lowest BCUT2D eigenvalue weighted by Crippen LogP contribution is -2.25. The van der Waals surface area contributed by atoms with Gasteiger partial charge in [-0.25, -0.2) is 0 Å². The van der Waals surface area contributed by atoms with E-state index in [4.69, 9.17) is 10.5 Å². The van der Waals surface area contributed by atoms with Crippen molar-refractivity contribution < 1.29 is 4.74 Å². The monoisotopic (exact) mass is 190 g/mol. The van der Waals surface area contributed by atoms with Crippen molar-refractivity contribution in [3.8, 4) is 0 Å². The van der Waals surface area contributed by atoms with Gasteiger partial charge in [0.25, 0.3) is 0 Å². The maximum Gasteiger partial charge on any atom is 0.109 e. The van der Waals surface area contributed by atoms with Gasteiger partial charge in [0.05, 0.1) is 12.6 Å². The summed E-state index contributed by atoms with van der Waals surface area (Å²) in [6.07, 6.45) is 7.44. The Kier molecular flexibility index (Phi) is 2.79. The minimum absolute atomic E-state index is 0.0140. The fraction of sp³-hybridized carbons (Fsp3) is 0.364. The van der Waals surface area contributed by atoms with Crippen LogP contribution in [0.2, 0.25) is 0 Å². The maximum absolute atomic E-state index is 6.00. The van der Waals surface area contributed by atoms with Crippen LogP contribution < -0.4 is 5.73 Å². The molecule has 1 aliphatic rings. The van der Waals surface area contributed by atoms with E-state index in [0.29, 0.717) is 0 Å². The molecular weight excluding hydrogens is 176 g/mol. The highest BCUT2D eigenvalue weighted by Crippen LogP contribution is 2.15. The zero-order valence-electron chi connectivity index (χ0n) is 8.02. The van der Waals surface area contributed by atoms with Gasteiger partial charge in [0.1, 0.15) is 5.76 Å². The van der Waals surface area contributed by atoms with Crippen molar-refractivity contribution in [3.05, 3.63) is 41.9 Å².